The van der Waals surface area contributed by atoms with Crippen molar-refractivity contribution in [1.29, 1.82) is 0 Å². The number of sulfonamides is 1. The summed E-state index contributed by atoms with van der Waals surface area (Å²) in [5.74, 6) is -1.57. The molecule has 0 saturated carbocycles. The van der Waals surface area contributed by atoms with Crippen LogP contribution in [0.25, 0.3) is 0 Å². The summed E-state index contributed by atoms with van der Waals surface area (Å²) in [7, 11) is -3.43. The number of nitrogens with two attached hydrogens (primary N) is 1. The fourth-order valence-electron chi connectivity index (χ4n) is 2.35. The molecule has 0 aliphatic rings. The van der Waals surface area contributed by atoms with Crippen LogP contribution in [0.5, 0.6) is 11.5 Å². The Bertz CT molecular complexity index is 1100. The van der Waals surface area contributed by atoms with E-state index in [-0.39, 0.29) is 21.2 Å². The summed E-state index contributed by atoms with van der Waals surface area (Å²) in [4.78, 5) is 23.5. The van der Waals surface area contributed by atoms with E-state index < -0.39 is 44.3 Å². The zero-order chi connectivity index (χ0) is 23.6. The molecule has 2 rings (SSSR count). The Morgan fingerprint density at radius 3 is 2.42 bits per heavy atom. The molecular weight excluding hydrogens is 487 g/mol. The van der Waals surface area contributed by atoms with E-state index in [1.807, 2.05) is 0 Å². The van der Waals surface area contributed by atoms with Crippen molar-refractivity contribution in [3.05, 3.63) is 39.7 Å². The van der Waals surface area contributed by atoms with E-state index in [4.69, 9.17) is 22.1 Å². The van der Waals surface area contributed by atoms with Gasteiger partial charge in [0, 0.05) is 9.90 Å². The molecular formula is C16H15ClF3N3O6S2. The maximum atomic E-state index is 12.7. The van der Waals surface area contributed by atoms with Crippen LogP contribution in [0, 0.1) is 0 Å². The Morgan fingerprint density at radius 1 is 1.23 bits per heavy atom. The van der Waals surface area contributed by atoms with Crippen LogP contribution < -0.4 is 25.2 Å². The SMILES string of the molecule is COc1ccc(Cl)cc1C(=O)NC(C)c1cc(OC(F)(F)F)c(S(=O)(=O)NC(N)=O)s1. The molecule has 15 heteroatoms. The maximum absolute atomic E-state index is 12.7. The molecule has 1 aromatic heterocycles. The third kappa shape index (κ3) is 6.38. The summed E-state index contributed by atoms with van der Waals surface area (Å²) in [5.41, 5.74) is 4.81. The van der Waals surface area contributed by atoms with Gasteiger partial charge in [0.1, 0.15) is 5.75 Å². The van der Waals surface area contributed by atoms with Crippen LogP contribution in [0.1, 0.15) is 28.2 Å². The highest BCUT2D eigenvalue weighted by Crippen LogP contribution is 2.39. The molecule has 0 fully saturated rings. The molecule has 9 nitrogen and oxygen atoms in total. The molecule has 31 heavy (non-hydrogen) atoms. The zero-order valence-electron chi connectivity index (χ0n) is 15.7. The van der Waals surface area contributed by atoms with Gasteiger partial charge < -0.3 is 20.5 Å². The molecule has 0 bridgehead atoms. The summed E-state index contributed by atoms with van der Waals surface area (Å²) < 4.78 is 71.8. The third-order valence-corrected chi connectivity index (χ3v) is 6.97. The number of methoxy groups -OCH3 is 1. The first-order valence-corrected chi connectivity index (χ1v) is 10.8. The minimum Gasteiger partial charge on any atom is -0.496 e. The fraction of sp³-hybridized carbons (Fsp3) is 0.250. The number of carbonyl (C=O) groups is 2. The summed E-state index contributed by atoms with van der Waals surface area (Å²) in [6.45, 7) is 1.40. The predicted molar refractivity (Wildman–Crippen MR) is 105 cm³/mol. The molecule has 4 N–H and O–H groups in total. The summed E-state index contributed by atoms with van der Waals surface area (Å²) >= 11 is 6.23. The number of rotatable bonds is 7. The van der Waals surface area contributed by atoms with Crippen molar-refractivity contribution < 1.29 is 40.7 Å². The molecule has 0 aliphatic carbocycles. The number of halogens is 4. The lowest BCUT2D eigenvalue weighted by atomic mass is 10.1. The van der Waals surface area contributed by atoms with Crippen molar-refractivity contribution in [3.63, 3.8) is 0 Å². The fourth-order valence-corrected chi connectivity index (χ4v) is 4.92. The topological polar surface area (TPSA) is 137 Å². The van der Waals surface area contributed by atoms with E-state index in [2.05, 4.69) is 10.1 Å². The normalized spacial score (nSPS) is 12.7. The van der Waals surface area contributed by atoms with Crippen molar-refractivity contribution in [1.82, 2.24) is 10.0 Å². The van der Waals surface area contributed by atoms with Crippen LogP contribution in [0.3, 0.4) is 0 Å². The van der Waals surface area contributed by atoms with Gasteiger partial charge in [-0.15, -0.1) is 24.5 Å². The van der Waals surface area contributed by atoms with Gasteiger partial charge in [-0.25, -0.2) is 17.9 Å². The number of ether oxygens (including phenoxy) is 2. The van der Waals surface area contributed by atoms with E-state index >= 15 is 0 Å². The molecule has 0 aliphatic heterocycles. The van der Waals surface area contributed by atoms with Gasteiger partial charge in [0.05, 0.1) is 18.7 Å². The number of hydrogen-bond acceptors (Lipinski definition) is 7. The van der Waals surface area contributed by atoms with Crippen molar-refractivity contribution in [2.24, 2.45) is 5.73 Å². The van der Waals surface area contributed by atoms with Crippen molar-refractivity contribution in [2.45, 2.75) is 23.5 Å². The Hall–Kier alpha value is -2.71. The van der Waals surface area contributed by atoms with Crippen LogP contribution in [0.4, 0.5) is 18.0 Å². The average molecular weight is 502 g/mol. The van der Waals surface area contributed by atoms with Crippen LogP contribution in [-0.4, -0.2) is 33.8 Å². The lowest BCUT2D eigenvalue weighted by molar-refractivity contribution is -0.275. The second-order valence-corrected chi connectivity index (χ2v) is 9.26. The molecule has 1 heterocycles. The summed E-state index contributed by atoms with van der Waals surface area (Å²) in [6, 6.07) is 2.58. The number of alkyl halides is 3. The van der Waals surface area contributed by atoms with E-state index in [1.165, 1.54) is 37.0 Å². The van der Waals surface area contributed by atoms with Gasteiger partial charge in [-0.1, -0.05) is 11.6 Å². The van der Waals surface area contributed by atoms with Gasteiger partial charge in [0.25, 0.3) is 15.9 Å². The van der Waals surface area contributed by atoms with E-state index in [0.717, 1.165) is 6.07 Å². The monoisotopic (exact) mass is 501 g/mol. The number of amides is 3. The van der Waals surface area contributed by atoms with Crippen LogP contribution in [0.2, 0.25) is 5.02 Å². The average Bonchev–Trinajstić information content (AvgIpc) is 3.03. The van der Waals surface area contributed by atoms with Crippen LogP contribution in [-0.2, 0) is 10.0 Å². The lowest BCUT2D eigenvalue weighted by Crippen LogP contribution is -2.35. The molecule has 3 amide bonds. The Balaban J connectivity index is 2.39. The number of urea groups is 1. The first kappa shape index (κ1) is 24.6. The van der Waals surface area contributed by atoms with E-state index in [0.29, 0.717) is 11.3 Å². The Labute approximate surface area is 183 Å². The molecule has 0 spiro atoms. The molecule has 0 saturated heterocycles. The number of carbonyl (C=O) groups excluding carboxylic acids is 2. The van der Waals surface area contributed by atoms with Crippen LogP contribution in [0.15, 0.2) is 28.5 Å². The van der Waals surface area contributed by atoms with Crippen LogP contribution >= 0.6 is 22.9 Å². The largest absolute Gasteiger partial charge is 0.573 e. The van der Waals surface area contributed by atoms with Gasteiger partial charge in [-0.2, -0.15) is 0 Å². The standard InChI is InChI=1S/C16H15ClF3N3O6S2/c1-7(22-13(24)9-5-8(17)3-4-10(9)28-2)12-6-11(29-16(18,19)20)14(30-12)31(26,27)23-15(21)25/h3-7H,1-2H3,(H,22,24)(H3,21,23,25). The summed E-state index contributed by atoms with van der Waals surface area (Å²) in [5, 5.41) is 2.74. The first-order valence-electron chi connectivity index (χ1n) is 8.09. The second kappa shape index (κ2) is 9.20. The second-order valence-electron chi connectivity index (χ2n) is 5.86. The highest BCUT2D eigenvalue weighted by atomic mass is 35.5. The van der Waals surface area contributed by atoms with Crippen molar-refractivity contribution in [3.8, 4) is 11.5 Å². The van der Waals surface area contributed by atoms with E-state index in [1.54, 1.807) is 0 Å². The van der Waals surface area contributed by atoms with Gasteiger partial charge in [0.15, 0.2) is 9.96 Å². The highest BCUT2D eigenvalue weighted by molar-refractivity contribution is 7.92. The smallest absolute Gasteiger partial charge is 0.496 e. The minimum absolute atomic E-state index is 0.0153. The minimum atomic E-state index is -5.21. The number of benzene rings is 1. The lowest BCUT2D eigenvalue weighted by Gasteiger charge is -2.14. The first-order chi connectivity index (χ1) is 14.2. The Kier molecular flexibility index (Phi) is 7.28. The number of nitrogens with one attached hydrogen (secondary N) is 2. The molecule has 2 aromatic rings. The van der Waals surface area contributed by atoms with Gasteiger partial charge >= 0.3 is 12.4 Å². The number of primary amides is 1. The third-order valence-electron chi connectivity index (χ3n) is 3.57. The predicted octanol–water partition coefficient (Wildman–Crippen LogP) is 3.16. The highest BCUT2D eigenvalue weighted by Gasteiger charge is 2.36. The molecule has 1 aromatic carbocycles. The maximum Gasteiger partial charge on any atom is 0.573 e. The molecule has 1 atom stereocenters. The number of thiophene rings is 1. The molecule has 170 valence electrons. The van der Waals surface area contributed by atoms with Gasteiger partial charge in [-0.05, 0) is 31.2 Å². The molecule has 0 radical (unpaired) electrons. The van der Waals surface area contributed by atoms with Gasteiger partial charge in [-0.3, -0.25) is 4.79 Å². The summed E-state index contributed by atoms with van der Waals surface area (Å²) in [6.07, 6.45) is -5.21. The molecule has 1 unspecified atom stereocenters. The Morgan fingerprint density at radius 2 is 1.87 bits per heavy atom. The zero-order valence-corrected chi connectivity index (χ0v) is 18.1. The van der Waals surface area contributed by atoms with E-state index in [9.17, 15) is 31.2 Å². The van der Waals surface area contributed by atoms with Crippen molar-refractivity contribution >= 4 is 44.9 Å². The number of hydrogen-bond donors (Lipinski definition) is 3. The quantitative estimate of drug-likeness (QED) is 0.533. The van der Waals surface area contributed by atoms with Gasteiger partial charge in [0.2, 0.25) is 0 Å². The van der Waals surface area contributed by atoms with Crippen molar-refractivity contribution in [2.75, 3.05) is 7.11 Å².